The molecule has 0 spiro atoms. The Labute approximate surface area is 206 Å². The van der Waals surface area contributed by atoms with Crippen molar-refractivity contribution >= 4 is 32.8 Å². The predicted octanol–water partition coefficient (Wildman–Crippen LogP) is 5.29. The van der Waals surface area contributed by atoms with Gasteiger partial charge in [0.25, 0.3) is 5.91 Å². The van der Waals surface area contributed by atoms with Crippen LogP contribution >= 0.6 is 15.9 Å². The molecule has 8 heteroatoms. The number of carbonyl (C=O) groups excluding carboxylic acids is 1. The molecule has 1 atom stereocenters. The Morgan fingerprint density at radius 3 is 2.53 bits per heavy atom. The second-order valence-corrected chi connectivity index (χ2v) is 8.66. The number of carbonyl (C=O) groups is 1. The number of benzene rings is 2. The van der Waals surface area contributed by atoms with Crippen LogP contribution in [0.25, 0.3) is 11.0 Å². The number of aryl methyl sites for hydroxylation is 1. The fourth-order valence-electron chi connectivity index (χ4n) is 3.82. The number of methoxy groups -OCH3 is 2. The molecular formula is C26H25BrN2O5. The van der Waals surface area contributed by atoms with Crippen molar-refractivity contribution in [1.82, 2.24) is 9.88 Å². The summed E-state index contributed by atoms with van der Waals surface area (Å²) in [5.74, 6) is 1.15. The number of aromatic nitrogens is 1. The number of aliphatic hydroxyl groups is 1. The Balaban J connectivity index is 1.77. The number of hydrogen-bond donors (Lipinski definition) is 1. The van der Waals surface area contributed by atoms with Crippen LogP contribution in [-0.2, 0) is 6.54 Å². The van der Waals surface area contributed by atoms with Crippen LogP contribution in [0.2, 0.25) is 0 Å². The van der Waals surface area contributed by atoms with E-state index in [2.05, 4.69) is 20.9 Å². The van der Waals surface area contributed by atoms with Gasteiger partial charge in [0.1, 0.15) is 28.8 Å². The summed E-state index contributed by atoms with van der Waals surface area (Å²) in [7, 11) is 3.09. The quantitative estimate of drug-likeness (QED) is 0.337. The standard InChI is InChI=1S/C26H25BrN2O5/c1-16-5-4-6-23-19(16)13-24(34-23)22(15-30)29(14-17-7-9-18(32-2)10-8-17)26(31)21-12-11-20(27)25(28-21)33-3/h4-13,22,30H,14-15H2,1-3H3/t22-/m1/s1. The Hall–Kier alpha value is -3.36. The number of aliphatic hydroxyl groups excluding tert-OH is 1. The van der Waals surface area contributed by atoms with Gasteiger partial charge in [-0.15, -0.1) is 0 Å². The molecule has 2 heterocycles. The van der Waals surface area contributed by atoms with E-state index in [4.69, 9.17) is 13.9 Å². The molecule has 4 aromatic rings. The maximum atomic E-state index is 13.7. The van der Waals surface area contributed by atoms with E-state index in [1.54, 1.807) is 24.1 Å². The Morgan fingerprint density at radius 2 is 1.88 bits per heavy atom. The van der Waals surface area contributed by atoms with E-state index in [0.29, 0.717) is 27.4 Å². The summed E-state index contributed by atoms with van der Waals surface area (Å²) in [5.41, 5.74) is 2.81. The second-order valence-electron chi connectivity index (χ2n) is 7.80. The van der Waals surface area contributed by atoms with Gasteiger partial charge in [0.05, 0.1) is 25.3 Å². The number of furan rings is 1. The highest BCUT2D eigenvalue weighted by molar-refractivity contribution is 9.10. The lowest BCUT2D eigenvalue weighted by molar-refractivity contribution is 0.0525. The van der Waals surface area contributed by atoms with Gasteiger partial charge in [-0.25, -0.2) is 4.98 Å². The third kappa shape index (κ3) is 4.78. The zero-order chi connectivity index (χ0) is 24.2. The van der Waals surface area contributed by atoms with Crippen molar-refractivity contribution < 1.29 is 23.8 Å². The first-order valence-electron chi connectivity index (χ1n) is 10.7. The maximum absolute atomic E-state index is 13.7. The molecule has 0 unspecified atom stereocenters. The van der Waals surface area contributed by atoms with Crippen LogP contribution < -0.4 is 9.47 Å². The van der Waals surface area contributed by atoms with E-state index in [-0.39, 0.29) is 24.8 Å². The molecule has 1 N–H and O–H groups in total. The molecule has 1 amide bonds. The molecule has 176 valence electrons. The maximum Gasteiger partial charge on any atom is 0.273 e. The molecule has 0 aliphatic rings. The van der Waals surface area contributed by atoms with Crippen molar-refractivity contribution in [3.63, 3.8) is 0 Å². The predicted molar refractivity (Wildman–Crippen MR) is 132 cm³/mol. The molecule has 34 heavy (non-hydrogen) atoms. The lowest BCUT2D eigenvalue weighted by atomic mass is 10.1. The fraction of sp³-hybridized carbons (Fsp3) is 0.231. The van der Waals surface area contributed by atoms with Gasteiger partial charge in [-0.05, 0) is 70.4 Å². The summed E-state index contributed by atoms with van der Waals surface area (Å²) in [5, 5.41) is 11.4. The molecule has 2 aromatic heterocycles. The number of amides is 1. The van der Waals surface area contributed by atoms with Crippen molar-refractivity contribution in [3.05, 3.63) is 87.7 Å². The summed E-state index contributed by atoms with van der Waals surface area (Å²) in [4.78, 5) is 19.6. The smallest absolute Gasteiger partial charge is 0.273 e. The molecule has 0 saturated heterocycles. The van der Waals surface area contributed by atoms with Crippen LogP contribution in [-0.4, -0.2) is 41.7 Å². The third-order valence-electron chi connectivity index (χ3n) is 5.68. The molecule has 2 aromatic carbocycles. The van der Waals surface area contributed by atoms with E-state index >= 15 is 0 Å². The van der Waals surface area contributed by atoms with Gasteiger partial charge in [-0.2, -0.15) is 0 Å². The average molecular weight is 525 g/mol. The minimum Gasteiger partial charge on any atom is -0.497 e. The van der Waals surface area contributed by atoms with Crippen LogP contribution in [0.1, 0.15) is 33.4 Å². The monoisotopic (exact) mass is 524 g/mol. The first-order valence-corrected chi connectivity index (χ1v) is 11.5. The van der Waals surface area contributed by atoms with E-state index < -0.39 is 6.04 Å². The Morgan fingerprint density at radius 1 is 1.12 bits per heavy atom. The Kier molecular flexibility index (Phi) is 7.19. The zero-order valence-electron chi connectivity index (χ0n) is 19.1. The second kappa shape index (κ2) is 10.3. The molecule has 0 radical (unpaired) electrons. The minimum atomic E-state index is -0.724. The average Bonchev–Trinajstić information content (AvgIpc) is 3.29. The molecule has 0 fully saturated rings. The van der Waals surface area contributed by atoms with E-state index in [9.17, 15) is 9.90 Å². The normalized spacial score (nSPS) is 11.9. The van der Waals surface area contributed by atoms with Crippen LogP contribution in [0.3, 0.4) is 0 Å². The number of halogens is 1. The summed E-state index contributed by atoms with van der Waals surface area (Å²) in [6.45, 7) is 1.90. The molecule has 0 aliphatic carbocycles. The van der Waals surface area contributed by atoms with Gasteiger partial charge in [0.15, 0.2) is 0 Å². The van der Waals surface area contributed by atoms with Crippen molar-refractivity contribution in [1.29, 1.82) is 0 Å². The van der Waals surface area contributed by atoms with E-state index in [0.717, 1.165) is 16.5 Å². The van der Waals surface area contributed by atoms with Gasteiger partial charge in [0.2, 0.25) is 5.88 Å². The Bertz CT molecular complexity index is 1300. The van der Waals surface area contributed by atoms with Crippen LogP contribution in [0.5, 0.6) is 11.6 Å². The largest absolute Gasteiger partial charge is 0.497 e. The van der Waals surface area contributed by atoms with Crippen LogP contribution in [0.4, 0.5) is 0 Å². The molecule has 4 rings (SSSR count). The number of rotatable bonds is 8. The lowest BCUT2D eigenvalue weighted by Gasteiger charge is -2.29. The number of ether oxygens (including phenoxy) is 2. The summed E-state index contributed by atoms with van der Waals surface area (Å²) < 4.78 is 17.2. The van der Waals surface area contributed by atoms with Crippen molar-refractivity contribution in [2.75, 3.05) is 20.8 Å². The topological polar surface area (TPSA) is 85.0 Å². The molecule has 0 saturated carbocycles. The van der Waals surface area contributed by atoms with E-state index in [1.807, 2.05) is 55.5 Å². The van der Waals surface area contributed by atoms with Gasteiger partial charge in [-0.3, -0.25) is 4.79 Å². The van der Waals surface area contributed by atoms with E-state index in [1.165, 1.54) is 7.11 Å². The lowest BCUT2D eigenvalue weighted by Crippen LogP contribution is -2.36. The summed E-state index contributed by atoms with van der Waals surface area (Å²) >= 11 is 3.37. The highest BCUT2D eigenvalue weighted by atomic mass is 79.9. The summed E-state index contributed by atoms with van der Waals surface area (Å²) in [6, 6.07) is 17.7. The molecular weight excluding hydrogens is 500 g/mol. The highest BCUT2D eigenvalue weighted by Gasteiger charge is 2.30. The molecule has 7 nitrogen and oxygen atoms in total. The van der Waals surface area contributed by atoms with Crippen molar-refractivity contribution in [2.24, 2.45) is 0 Å². The number of pyridine rings is 1. The SMILES string of the molecule is COc1ccc(CN(C(=O)c2ccc(Br)c(OC)n2)[C@H](CO)c2cc3c(C)cccc3o2)cc1. The highest BCUT2D eigenvalue weighted by Crippen LogP contribution is 2.32. The molecule has 0 bridgehead atoms. The summed E-state index contributed by atoms with van der Waals surface area (Å²) in [6.07, 6.45) is 0. The minimum absolute atomic E-state index is 0.194. The zero-order valence-corrected chi connectivity index (χ0v) is 20.7. The fourth-order valence-corrected chi connectivity index (χ4v) is 4.20. The first-order chi connectivity index (χ1) is 16.4. The van der Waals surface area contributed by atoms with Crippen LogP contribution in [0, 0.1) is 6.92 Å². The van der Waals surface area contributed by atoms with Crippen molar-refractivity contribution in [2.45, 2.75) is 19.5 Å². The third-order valence-corrected chi connectivity index (χ3v) is 6.28. The van der Waals surface area contributed by atoms with Gasteiger partial charge < -0.3 is 23.9 Å². The van der Waals surface area contributed by atoms with Gasteiger partial charge in [-0.1, -0.05) is 24.3 Å². The van der Waals surface area contributed by atoms with Crippen molar-refractivity contribution in [3.8, 4) is 11.6 Å². The molecule has 0 aliphatic heterocycles. The number of hydrogen-bond acceptors (Lipinski definition) is 6. The number of nitrogens with zero attached hydrogens (tertiary/aromatic N) is 2. The first kappa shape index (κ1) is 23.8. The number of fused-ring (bicyclic) bond motifs is 1. The van der Waals surface area contributed by atoms with Gasteiger partial charge >= 0.3 is 0 Å². The van der Waals surface area contributed by atoms with Gasteiger partial charge in [0, 0.05) is 11.9 Å². The van der Waals surface area contributed by atoms with Crippen LogP contribution in [0.15, 0.2) is 69.6 Å².